The van der Waals surface area contributed by atoms with Crippen LogP contribution in [0.1, 0.15) is 45.4 Å². The first kappa shape index (κ1) is 21.0. The van der Waals surface area contributed by atoms with Gasteiger partial charge in [0.2, 0.25) is 0 Å². The number of rotatable bonds is 7. The number of anilines is 1. The molecule has 29 heavy (non-hydrogen) atoms. The zero-order chi connectivity index (χ0) is 21.0. The summed E-state index contributed by atoms with van der Waals surface area (Å²) in [5.41, 5.74) is -0.431. The van der Waals surface area contributed by atoms with Crippen molar-refractivity contribution in [2.24, 2.45) is 0 Å². The van der Waals surface area contributed by atoms with Gasteiger partial charge in [-0.05, 0) is 38.3 Å². The maximum atomic E-state index is 12.5. The zero-order valence-electron chi connectivity index (χ0n) is 16.1. The molecule has 4 amide bonds. The van der Waals surface area contributed by atoms with Gasteiger partial charge in [0.25, 0.3) is 11.8 Å². The summed E-state index contributed by atoms with van der Waals surface area (Å²) in [5, 5.41) is 5.47. The Morgan fingerprint density at radius 3 is 2.79 bits per heavy atom. The summed E-state index contributed by atoms with van der Waals surface area (Å²) in [5.74, 6) is -1.34. The van der Waals surface area contributed by atoms with Crippen LogP contribution >= 0.6 is 11.6 Å². The molecule has 1 aliphatic carbocycles. The molecule has 0 radical (unpaired) electrons. The molecule has 1 aromatic rings. The molecule has 1 spiro atoms. The first-order valence-electron chi connectivity index (χ1n) is 9.57. The molecule has 2 heterocycles. The van der Waals surface area contributed by atoms with Crippen molar-refractivity contribution in [1.82, 2.24) is 15.2 Å². The lowest BCUT2D eigenvalue weighted by molar-refractivity contribution is -0.153. The minimum atomic E-state index is -1.03. The number of carbonyl (C=O) groups is 4. The number of aromatic nitrogens is 1. The highest BCUT2D eigenvalue weighted by molar-refractivity contribution is 6.32. The number of ether oxygens (including phenoxy) is 1. The monoisotopic (exact) mass is 422 g/mol. The van der Waals surface area contributed by atoms with E-state index in [9.17, 15) is 19.2 Å². The molecule has 1 saturated heterocycles. The average molecular weight is 423 g/mol. The van der Waals surface area contributed by atoms with Gasteiger partial charge in [0.05, 0.1) is 5.69 Å². The van der Waals surface area contributed by atoms with Crippen LogP contribution < -0.4 is 10.6 Å². The number of carbonyl (C=O) groups excluding carboxylic acids is 4. The lowest BCUT2D eigenvalue weighted by Gasteiger charge is -2.20. The van der Waals surface area contributed by atoms with E-state index >= 15 is 0 Å². The van der Waals surface area contributed by atoms with E-state index in [2.05, 4.69) is 15.6 Å². The average Bonchev–Trinajstić information content (AvgIpc) is 3.24. The molecule has 1 aliphatic heterocycles. The van der Waals surface area contributed by atoms with Crippen LogP contribution in [0.3, 0.4) is 0 Å². The van der Waals surface area contributed by atoms with Crippen LogP contribution in [0.5, 0.6) is 0 Å². The van der Waals surface area contributed by atoms with E-state index < -0.39 is 29.6 Å². The van der Waals surface area contributed by atoms with Crippen LogP contribution in [-0.2, 0) is 19.1 Å². The summed E-state index contributed by atoms with van der Waals surface area (Å²) >= 11 is 5.88. The predicted molar refractivity (Wildman–Crippen MR) is 104 cm³/mol. The fraction of sp³-hybridized carbons (Fsp3) is 0.526. The SMILES string of the molecule is C[C@H](OC(=O)CCCN1C(=O)NC2(CCCC2)C1=O)C(=O)Nc1cccnc1Cl. The Balaban J connectivity index is 1.43. The van der Waals surface area contributed by atoms with Crippen molar-refractivity contribution >= 4 is 41.1 Å². The Morgan fingerprint density at radius 2 is 2.10 bits per heavy atom. The summed E-state index contributed by atoms with van der Waals surface area (Å²) in [4.78, 5) is 53.8. The van der Waals surface area contributed by atoms with Crippen LogP contribution in [0.15, 0.2) is 18.3 Å². The van der Waals surface area contributed by atoms with Gasteiger partial charge in [0.1, 0.15) is 5.54 Å². The number of urea groups is 1. The normalized spacial score (nSPS) is 18.6. The molecule has 2 N–H and O–H groups in total. The first-order chi connectivity index (χ1) is 13.8. The molecule has 0 aromatic carbocycles. The van der Waals surface area contributed by atoms with Gasteiger partial charge in [-0.1, -0.05) is 24.4 Å². The molecular weight excluding hydrogens is 400 g/mol. The van der Waals surface area contributed by atoms with Crippen LogP contribution in [0, 0.1) is 0 Å². The fourth-order valence-corrected chi connectivity index (χ4v) is 3.77. The van der Waals surface area contributed by atoms with Gasteiger partial charge >= 0.3 is 12.0 Å². The van der Waals surface area contributed by atoms with Gasteiger partial charge in [0.15, 0.2) is 11.3 Å². The minimum absolute atomic E-state index is 0.0185. The van der Waals surface area contributed by atoms with Gasteiger partial charge in [-0.25, -0.2) is 9.78 Å². The number of nitrogens with one attached hydrogen (secondary N) is 2. The Morgan fingerprint density at radius 1 is 1.38 bits per heavy atom. The number of imide groups is 1. The van der Waals surface area contributed by atoms with Crippen molar-refractivity contribution in [2.45, 2.75) is 57.1 Å². The zero-order valence-corrected chi connectivity index (χ0v) is 16.8. The second-order valence-corrected chi connectivity index (χ2v) is 7.60. The lowest BCUT2D eigenvalue weighted by Crippen LogP contribution is -2.44. The van der Waals surface area contributed by atoms with E-state index in [1.165, 1.54) is 18.0 Å². The fourth-order valence-electron chi connectivity index (χ4n) is 3.60. The molecule has 0 unspecified atom stereocenters. The molecule has 156 valence electrons. The van der Waals surface area contributed by atoms with Crippen molar-refractivity contribution < 1.29 is 23.9 Å². The molecule has 10 heteroatoms. The molecule has 3 rings (SSSR count). The number of esters is 1. The molecule has 2 fully saturated rings. The summed E-state index contributed by atoms with van der Waals surface area (Å²) in [6.45, 7) is 1.58. The molecule has 0 bridgehead atoms. The van der Waals surface area contributed by atoms with E-state index in [-0.39, 0.29) is 30.4 Å². The topological polar surface area (TPSA) is 118 Å². The Bertz CT molecular complexity index is 825. The van der Waals surface area contributed by atoms with E-state index in [0.717, 1.165) is 12.8 Å². The highest BCUT2D eigenvalue weighted by atomic mass is 35.5. The molecule has 1 aromatic heterocycles. The van der Waals surface area contributed by atoms with E-state index in [1.807, 2.05) is 0 Å². The highest BCUT2D eigenvalue weighted by Crippen LogP contribution is 2.35. The third-order valence-corrected chi connectivity index (χ3v) is 5.46. The van der Waals surface area contributed by atoms with Crippen molar-refractivity contribution in [1.29, 1.82) is 0 Å². The largest absolute Gasteiger partial charge is 0.453 e. The van der Waals surface area contributed by atoms with Gasteiger partial charge in [-0.2, -0.15) is 0 Å². The van der Waals surface area contributed by atoms with Crippen molar-refractivity contribution in [2.75, 3.05) is 11.9 Å². The van der Waals surface area contributed by atoms with Crippen molar-refractivity contribution in [3.63, 3.8) is 0 Å². The van der Waals surface area contributed by atoms with Crippen LogP contribution in [0.4, 0.5) is 10.5 Å². The first-order valence-corrected chi connectivity index (χ1v) is 9.95. The Hall–Kier alpha value is -2.68. The molecule has 1 atom stereocenters. The number of hydrogen-bond donors (Lipinski definition) is 2. The van der Waals surface area contributed by atoms with Gasteiger partial charge < -0.3 is 15.4 Å². The Kier molecular flexibility index (Phi) is 6.36. The minimum Gasteiger partial charge on any atom is -0.453 e. The highest BCUT2D eigenvalue weighted by Gasteiger charge is 2.52. The van der Waals surface area contributed by atoms with Crippen LogP contribution in [-0.4, -0.2) is 51.9 Å². The number of nitrogens with zero attached hydrogens (tertiary/aromatic N) is 2. The van der Waals surface area contributed by atoms with Gasteiger partial charge in [-0.15, -0.1) is 0 Å². The summed E-state index contributed by atoms with van der Waals surface area (Å²) < 4.78 is 5.12. The van der Waals surface area contributed by atoms with Crippen LogP contribution in [0.2, 0.25) is 5.15 Å². The predicted octanol–water partition coefficient (Wildman–Crippen LogP) is 2.25. The molecule has 9 nitrogen and oxygen atoms in total. The number of pyridine rings is 1. The van der Waals surface area contributed by atoms with Gasteiger partial charge in [-0.3, -0.25) is 19.3 Å². The van der Waals surface area contributed by atoms with Crippen molar-refractivity contribution in [3.8, 4) is 0 Å². The smallest absolute Gasteiger partial charge is 0.325 e. The lowest BCUT2D eigenvalue weighted by atomic mass is 9.98. The number of halogens is 1. The third kappa shape index (κ3) is 4.67. The molecule has 1 saturated carbocycles. The molecular formula is C19H23ClN4O5. The van der Waals surface area contributed by atoms with E-state index in [4.69, 9.17) is 16.3 Å². The van der Waals surface area contributed by atoms with Crippen LogP contribution in [0.25, 0.3) is 0 Å². The maximum absolute atomic E-state index is 12.5. The number of amides is 4. The summed E-state index contributed by atoms with van der Waals surface area (Å²) in [6.07, 6.45) is 3.84. The number of hydrogen-bond acceptors (Lipinski definition) is 6. The maximum Gasteiger partial charge on any atom is 0.325 e. The van der Waals surface area contributed by atoms with Crippen molar-refractivity contribution in [3.05, 3.63) is 23.5 Å². The Labute approximate surface area is 173 Å². The summed E-state index contributed by atoms with van der Waals surface area (Å²) in [7, 11) is 0. The third-order valence-electron chi connectivity index (χ3n) is 5.16. The quantitative estimate of drug-likeness (QED) is 0.395. The van der Waals surface area contributed by atoms with Gasteiger partial charge in [0, 0.05) is 19.2 Å². The summed E-state index contributed by atoms with van der Waals surface area (Å²) in [6, 6.07) is 2.78. The second kappa shape index (κ2) is 8.77. The van der Waals surface area contributed by atoms with E-state index in [1.54, 1.807) is 12.1 Å². The van der Waals surface area contributed by atoms with E-state index in [0.29, 0.717) is 18.5 Å². The standard InChI is InChI=1S/C19H23ClN4O5/c1-12(16(26)22-13-6-4-10-21-15(13)20)29-14(25)7-5-11-24-17(27)19(23-18(24)28)8-2-3-9-19/h4,6,10,12H,2-3,5,7-9,11H2,1H3,(H,22,26)(H,23,28)/t12-/m0/s1. The molecule has 2 aliphatic rings. The second-order valence-electron chi connectivity index (χ2n) is 7.24.